The molecule has 0 aromatic heterocycles. The molecule has 0 radical (unpaired) electrons. The van der Waals surface area contributed by atoms with Crippen molar-refractivity contribution in [2.75, 3.05) is 13.2 Å². The van der Waals surface area contributed by atoms with E-state index >= 15 is 0 Å². The zero-order valence-corrected chi connectivity index (χ0v) is 10.5. The summed E-state index contributed by atoms with van der Waals surface area (Å²) >= 11 is 0. The van der Waals surface area contributed by atoms with E-state index in [1.807, 2.05) is 0 Å². The van der Waals surface area contributed by atoms with Crippen LogP contribution in [0.3, 0.4) is 0 Å². The summed E-state index contributed by atoms with van der Waals surface area (Å²) in [6.07, 6.45) is 0.208. The molecule has 0 amide bonds. The molecule has 1 unspecified atom stereocenters. The Morgan fingerprint density at radius 3 is 2.56 bits per heavy atom. The topological polar surface area (TPSA) is 52.3 Å². The average Bonchev–Trinajstić information content (AvgIpc) is 2.34. The van der Waals surface area contributed by atoms with Crippen molar-refractivity contribution >= 4 is 5.97 Å². The second-order valence-electron chi connectivity index (χ2n) is 4.41. The summed E-state index contributed by atoms with van der Waals surface area (Å²) in [7, 11) is 0. The lowest BCUT2D eigenvalue weighted by Crippen LogP contribution is -2.39. The third kappa shape index (κ3) is 3.26. The molecule has 0 bridgehead atoms. The van der Waals surface area contributed by atoms with Crippen LogP contribution in [0.4, 0.5) is 8.78 Å². The molecular weight excluding hydrogens is 240 g/mol. The minimum atomic E-state index is -0.935. The van der Waals surface area contributed by atoms with Crippen molar-refractivity contribution in [2.24, 2.45) is 11.1 Å². The van der Waals surface area contributed by atoms with Crippen LogP contribution in [0.15, 0.2) is 18.2 Å². The van der Waals surface area contributed by atoms with Gasteiger partial charge in [0.1, 0.15) is 0 Å². The molecule has 2 N–H and O–H groups in total. The molecule has 1 atom stereocenters. The lowest BCUT2D eigenvalue weighted by Gasteiger charge is -2.25. The lowest BCUT2D eigenvalue weighted by atomic mass is 9.83. The molecule has 0 saturated heterocycles. The van der Waals surface area contributed by atoms with E-state index in [1.54, 1.807) is 13.8 Å². The van der Waals surface area contributed by atoms with Gasteiger partial charge < -0.3 is 10.5 Å². The minimum absolute atomic E-state index is 0.0742. The van der Waals surface area contributed by atoms with E-state index in [9.17, 15) is 13.6 Å². The first-order valence-electron chi connectivity index (χ1n) is 5.74. The van der Waals surface area contributed by atoms with Gasteiger partial charge in [-0.3, -0.25) is 4.79 Å². The molecule has 0 heterocycles. The van der Waals surface area contributed by atoms with Crippen LogP contribution in [-0.4, -0.2) is 19.1 Å². The monoisotopic (exact) mass is 257 g/mol. The van der Waals surface area contributed by atoms with E-state index in [1.165, 1.54) is 6.07 Å². The van der Waals surface area contributed by atoms with Crippen LogP contribution in [0.25, 0.3) is 0 Å². The summed E-state index contributed by atoms with van der Waals surface area (Å²) < 4.78 is 30.8. The van der Waals surface area contributed by atoms with E-state index < -0.39 is 23.0 Å². The summed E-state index contributed by atoms with van der Waals surface area (Å²) in [4.78, 5) is 11.8. The van der Waals surface area contributed by atoms with Gasteiger partial charge >= 0.3 is 5.97 Å². The van der Waals surface area contributed by atoms with Crippen LogP contribution in [0.5, 0.6) is 0 Å². The van der Waals surface area contributed by atoms with Crippen LogP contribution in [0.1, 0.15) is 19.4 Å². The van der Waals surface area contributed by atoms with Gasteiger partial charge in [0.15, 0.2) is 11.6 Å². The summed E-state index contributed by atoms with van der Waals surface area (Å²) in [5.74, 6) is -2.28. The van der Waals surface area contributed by atoms with Gasteiger partial charge in [-0.25, -0.2) is 8.78 Å². The smallest absolute Gasteiger partial charge is 0.313 e. The number of hydrogen-bond donors (Lipinski definition) is 1. The summed E-state index contributed by atoms with van der Waals surface area (Å²) in [5.41, 5.74) is 5.16. The van der Waals surface area contributed by atoms with Gasteiger partial charge in [-0.2, -0.15) is 0 Å². The summed E-state index contributed by atoms with van der Waals surface area (Å²) in [5, 5.41) is 0. The van der Waals surface area contributed by atoms with Crippen molar-refractivity contribution in [2.45, 2.75) is 20.3 Å². The number of halogens is 2. The van der Waals surface area contributed by atoms with E-state index in [0.29, 0.717) is 5.56 Å². The Balaban J connectivity index is 2.91. The number of carbonyl (C=O) groups excluding carboxylic acids is 1. The van der Waals surface area contributed by atoms with Crippen LogP contribution in [0.2, 0.25) is 0 Å². The quantitative estimate of drug-likeness (QED) is 0.821. The molecule has 100 valence electrons. The van der Waals surface area contributed by atoms with E-state index in [4.69, 9.17) is 10.5 Å². The Bertz CT molecular complexity index is 437. The molecule has 18 heavy (non-hydrogen) atoms. The summed E-state index contributed by atoms with van der Waals surface area (Å²) in [6.45, 7) is 3.68. The van der Waals surface area contributed by atoms with Gasteiger partial charge in [-0.05, 0) is 38.0 Å². The van der Waals surface area contributed by atoms with Gasteiger partial charge in [0.2, 0.25) is 0 Å². The number of nitrogens with two attached hydrogens (primary N) is 1. The van der Waals surface area contributed by atoms with Gasteiger partial charge in [-0.1, -0.05) is 6.07 Å². The fourth-order valence-electron chi connectivity index (χ4n) is 1.63. The Morgan fingerprint density at radius 1 is 1.39 bits per heavy atom. The Labute approximate surface area is 105 Å². The molecule has 1 aromatic carbocycles. The Kier molecular flexibility index (Phi) is 4.78. The highest BCUT2D eigenvalue weighted by Gasteiger charge is 2.33. The van der Waals surface area contributed by atoms with Crippen molar-refractivity contribution < 1.29 is 18.3 Å². The molecular formula is C13H17F2NO2. The number of ether oxygens (including phenoxy) is 1. The van der Waals surface area contributed by atoms with Crippen LogP contribution in [0, 0.1) is 17.0 Å². The maximum Gasteiger partial charge on any atom is 0.313 e. The standard InChI is InChI=1S/C13H17F2NO2/c1-3-18-12(17)13(2,8-16)7-9-4-5-10(14)11(15)6-9/h4-6H,3,7-8,16H2,1-2H3. The number of carbonyl (C=O) groups is 1. The van der Waals surface area contributed by atoms with Crippen molar-refractivity contribution in [3.63, 3.8) is 0 Å². The first-order valence-corrected chi connectivity index (χ1v) is 5.74. The lowest BCUT2D eigenvalue weighted by molar-refractivity contribution is -0.153. The average molecular weight is 257 g/mol. The van der Waals surface area contributed by atoms with Gasteiger partial charge in [0.25, 0.3) is 0 Å². The highest BCUT2D eigenvalue weighted by molar-refractivity contribution is 5.77. The molecule has 0 fully saturated rings. The largest absolute Gasteiger partial charge is 0.466 e. The number of rotatable bonds is 5. The highest BCUT2D eigenvalue weighted by atomic mass is 19.2. The minimum Gasteiger partial charge on any atom is -0.466 e. The van der Waals surface area contributed by atoms with Crippen molar-refractivity contribution in [3.8, 4) is 0 Å². The normalized spacial score (nSPS) is 14.1. The predicted octanol–water partition coefficient (Wildman–Crippen LogP) is 2.04. The van der Waals surface area contributed by atoms with Gasteiger partial charge in [-0.15, -0.1) is 0 Å². The fraction of sp³-hybridized carbons (Fsp3) is 0.462. The highest BCUT2D eigenvalue weighted by Crippen LogP contribution is 2.24. The first kappa shape index (κ1) is 14.6. The van der Waals surface area contributed by atoms with Crippen LogP contribution in [-0.2, 0) is 16.0 Å². The fourth-order valence-corrected chi connectivity index (χ4v) is 1.63. The Morgan fingerprint density at radius 2 is 2.06 bits per heavy atom. The van der Waals surface area contributed by atoms with E-state index in [2.05, 4.69) is 0 Å². The van der Waals surface area contributed by atoms with Gasteiger partial charge in [0, 0.05) is 6.54 Å². The molecule has 0 spiro atoms. The second kappa shape index (κ2) is 5.91. The van der Waals surface area contributed by atoms with E-state index in [0.717, 1.165) is 12.1 Å². The maximum atomic E-state index is 13.1. The molecule has 3 nitrogen and oxygen atoms in total. The molecule has 1 aromatic rings. The molecule has 0 aliphatic rings. The van der Waals surface area contributed by atoms with Gasteiger partial charge in [0.05, 0.1) is 12.0 Å². The van der Waals surface area contributed by atoms with Crippen molar-refractivity contribution in [3.05, 3.63) is 35.4 Å². The Hall–Kier alpha value is -1.49. The molecule has 0 saturated carbocycles. The molecule has 5 heteroatoms. The zero-order chi connectivity index (χ0) is 13.8. The second-order valence-corrected chi connectivity index (χ2v) is 4.41. The SMILES string of the molecule is CCOC(=O)C(C)(CN)Cc1ccc(F)c(F)c1. The van der Waals surface area contributed by atoms with Crippen molar-refractivity contribution in [1.82, 2.24) is 0 Å². The molecule has 0 aliphatic carbocycles. The third-order valence-electron chi connectivity index (χ3n) is 2.80. The van der Waals surface area contributed by atoms with Crippen LogP contribution < -0.4 is 5.73 Å². The summed E-state index contributed by atoms with van der Waals surface area (Å²) in [6, 6.07) is 3.54. The first-order chi connectivity index (χ1) is 8.42. The zero-order valence-electron chi connectivity index (χ0n) is 10.5. The molecule has 1 rings (SSSR count). The van der Waals surface area contributed by atoms with Crippen LogP contribution >= 0.6 is 0 Å². The molecule has 0 aliphatic heterocycles. The maximum absolute atomic E-state index is 13.1. The number of benzene rings is 1. The predicted molar refractivity (Wildman–Crippen MR) is 63.9 cm³/mol. The number of hydrogen-bond acceptors (Lipinski definition) is 3. The third-order valence-corrected chi connectivity index (χ3v) is 2.80. The van der Waals surface area contributed by atoms with Crippen molar-refractivity contribution in [1.29, 1.82) is 0 Å². The number of esters is 1. The van der Waals surface area contributed by atoms with E-state index in [-0.39, 0.29) is 19.6 Å².